The molecule has 1 heterocycles. The minimum absolute atomic E-state index is 0.302. The van der Waals surface area contributed by atoms with Crippen molar-refractivity contribution in [2.45, 2.75) is 19.6 Å². The van der Waals surface area contributed by atoms with Crippen molar-refractivity contribution >= 4 is 5.69 Å². The third-order valence-electron chi connectivity index (χ3n) is 3.21. The molecule has 2 rings (SSSR count). The van der Waals surface area contributed by atoms with Gasteiger partial charge in [-0.25, -0.2) is 14.0 Å². The SMILES string of the molecule is Cc1c([N+](=O)O)c(C(F)(F)F)nn1Cc1c(F)cc(C#N)cc1F. The van der Waals surface area contributed by atoms with E-state index in [0.29, 0.717) is 4.68 Å². The van der Waals surface area contributed by atoms with Crippen LogP contribution in [0, 0.1) is 34.8 Å². The highest BCUT2D eigenvalue weighted by Gasteiger charge is 2.46. The van der Waals surface area contributed by atoms with E-state index < -0.39 is 51.9 Å². The van der Waals surface area contributed by atoms with E-state index in [1.165, 1.54) is 6.07 Å². The summed E-state index contributed by atoms with van der Waals surface area (Å²) >= 11 is 0. The summed E-state index contributed by atoms with van der Waals surface area (Å²) in [6.07, 6.45) is -5.06. The molecule has 0 bridgehead atoms. The van der Waals surface area contributed by atoms with Gasteiger partial charge in [-0.3, -0.25) is 4.68 Å². The summed E-state index contributed by atoms with van der Waals surface area (Å²) in [5, 5.41) is 20.6. The predicted molar refractivity (Wildman–Crippen MR) is 67.2 cm³/mol. The molecule has 0 radical (unpaired) electrons. The quantitative estimate of drug-likeness (QED) is 0.683. The second-order valence-corrected chi connectivity index (χ2v) is 4.74. The molecule has 6 nitrogen and oxygen atoms in total. The van der Waals surface area contributed by atoms with Crippen molar-refractivity contribution in [1.82, 2.24) is 9.78 Å². The highest BCUT2D eigenvalue weighted by Crippen LogP contribution is 2.37. The number of halogens is 5. The minimum atomic E-state index is -5.06. The number of hydrogen-bond acceptors (Lipinski definition) is 3. The summed E-state index contributed by atoms with van der Waals surface area (Å²) < 4.78 is 66.8. The van der Waals surface area contributed by atoms with Crippen LogP contribution >= 0.6 is 0 Å². The Morgan fingerprint density at radius 2 is 1.88 bits per heavy atom. The Morgan fingerprint density at radius 3 is 2.25 bits per heavy atom. The Kier molecular flexibility index (Phi) is 4.24. The van der Waals surface area contributed by atoms with Crippen LogP contribution in [-0.4, -0.2) is 19.9 Å². The number of hydrogen-bond donors (Lipinski definition) is 1. The molecule has 0 fully saturated rings. The molecular formula is C13H8F5N4O2+. The molecule has 126 valence electrons. The van der Waals surface area contributed by atoms with E-state index >= 15 is 0 Å². The first-order valence-corrected chi connectivity index (χ1v) is 6.25. The van der Waals surface area contributed by atoms with Crippen molar-refractivity contribution < 1.29 is 32.1 Å². The van der Waals surface area contributed by atoms with Crippen LogP contribution in [0.25, 0.3) is 0 Å². The number of aromatic nitrogens is 2. The molecule has 0 amide bonds. The van der Waals surface area contributed by atoms with Crippen LogP contribution in [0.4, 0.5) is 27.6 Å². The number of alkyl halides is 3. The van der Waals surface area contributed by atoms with Crippen LogP contribution < -0.4 is 0 Å². The molecule has 2 aromatic rings. The summed E-state index contributed by atoms with van der Waals surface area (Å²) in [5.41, 5.74) is -4.24. The fourth-order valence-electron chi connectivity index (χ4n) is 2.08. The van der Waals surface area contributed by atoms with Gasteiger partial charge in [-0.15, -0.1) is 0 Å². The maximum Gasteiger partial charge on any atom is 0.442 e. The Morgan fingerprint density at radius 1 is 1.33 bits per heavy atom. The smallest absolute Gasteiger partial charge is 0.257 e. The van der Waals surface area contributed by atoms with Crippen molar-refractivity contribution in [2.75, 3.05) is 0 Å². The van der Waals surface area contributed by atoms with E-state index in [4.69, 9.17) is 10.5 Å². The van der Waals surface area contributed by atoms with Crippen molar-refractivity contribution in [3.05, 3.63) is 51.2 Å². The summed E-state index contributed by atoms with van der Waals surface area (Å²) in [6, 6.07) is 2.96. The van der Waals surface area contributed by atoms with Gasteiger partial charge in [0, 0.05) is 5.56 Å². The zero-order valence-electron chi connectivity index (χ0n) is 11.9. The summed E-state index contributed by atoms with van der Waals surface area (Å²) in [5.74, 6) is -2.31. The van der Waals surface area contributed by atoms with Gasteiger partial charge in [0.2, 0.25) is 5.69 Å². The molecule has 0 unspecified atom stereocenters. The molecule has 0 saturated carbocycles. The predicted octanol–water partition coefficient (Wildman–Crippen LogP) is 3.21. The third kappa shape index (κ3) is 3.03. The molecule has 0 spiro atoms. The lowest BCUT2D eigenvalue weighted by atomic mass is 10.1. The van der Waals surface area contributed by atoms with E-state index in [-0.39, 0.29) is 5.56 Å². The monoisotopic (exact) mass is 347 g/mol. The summed E-state index contributed by atoms with van der Waals surface area (Å²) in [7, 11) is 0. The van der Waals surface area contributed by atoms with Gasteiger partial charge in [0.15, 0.2) is 0 Å². The van der Waals surface area contributed by atoms with Gasteiger partial charge in [-0.2, -0.15) is 23.5 Å². The van der Waals surface area contributed by atoms with Crippen molar-refractivity contribution in [1.29, 1.82) is 5.26 Å². The van der Waals surface area contributed by atoms with E-state index in [1.54, 1.807) is 0 Å². The molecule has 0 atom stereocenters. The first-order valence-electron chi connectivity index (χ1n) is 6.25. The van der Waals surface area contributed by atoms with Gasteiger partial charge < -0.3 is 0 Å². The first-order chi connectivity index (χ1) is 11.1. The Bertz CT molecular complexity index is 843. The Labute approximate surface area is 130 Å². The van der Waals surface area contributed by atoms with Gasteiger partial charge in [-0.05, 0) is 19.1 Å². The maximum absolute atomic E-state index is 13.8. The van der Waals surface area contributed by atoms with Crippen molar-refractivity contribution in [2.24, 2.45) is 0 Å². The molecule has 1 aromatic carbocycles. The number of nitriles is 1. The fourth-order valence-corrected chi connectivity index (χ4v) is 2.08. The van der Waals surface area contributed by atoms with Gasteiger partial charge in [0.05, 0.1) is 23.1 Å². The summed E-state index contributed by atoms with van der Waals surface area (Å²) in [6.45, 7) is 0.254. The standard InChI is InChI=1S/C13H8F5N4O2/c1-6-11(22(23)24)12(13(16,17)18)20-21(6)5-8-9(14)2-7(4-19)3-10(8)15/h2-3H,5H2,1H3,(H,23,24)/q+1. The highest BCUT2D eigenvalue weighted by molar-refractivity contribution is 5.42. The average Bonchev–Trinajstić information content (AvgIpc) is 2.79. The van der Waals surface area contributed by atoms with Crippen LogP contribution in [0.5, 0.6) is 0 Å². The van der Waals surface area contributed by atoms with E-state index in [2.05, 4.69) is 5.10 Å². The molecule has 11 heteroatoms. The first kappa shape index (κ1) is 17.3. The minimum Gasteiger partial charge on any atom is -0.257 e. The topological polar surface area (TPSA) is 81.9 Å². The lowest BCUT2D eigenvalue weighted by Crippen LogP contribution is -2.11. The zero-order chi connectivity index (χ0) is 18.2. The summed E-state index contributed by atoms with van der Waals surface area (Å²) in [4.78, 5) is 9.94. The average molecular weight is 347 g/mol. The molecule has 24 heavy (non-hydrogen) atoms. The molecule has 0 aliphatic heterocycles. The second kappa shape index (κ2) is 5.88. The molecule has 1 aromatic heterocycles. The van der Waals surface area contributed by atoms with Crippen LogP contribution in [0.2, 0.25) is 0 Å². The van der Waals surface area contributed by atoms with Gasteiger partial charge in [0.25, 0.3) is 4.92 Å². The van der Waals surface area contributed by atoms with E-state index in [1.807, 2.05) is 0 Å². The Balaban J connectivity index is 2.57. The zero-order valence-corrected chi connectivity index (χ0v) is 11.9. The highest BCUT2D eigenvalue weighted by atomic mass is 19.4. The molecule has 0 aliphatic rings. The molecule has 1 N–H and O–H groups in total. The number of benzene rings is 1. The normalized spacial score (nSPS) is 11.4. The van der Waals surface area contributed by atoms with E-state index in [9.17, 15) is 26.9 Å². The van der Waals surface area contributed by atoms with E-state index in [0.717, 1.165) is 19.1 Å². The Hall–Kier alpha value is -3.03. The van der Waals surface area contributed by atoms with Crippen molar-refractivity contribution in [3.8, 4) is 6.07 Å². The van der Waals surface area contributed by atoms with Gasteiger partial charge >= 0.3 is 11.9 Å². The second-order valence-electron chi connectivity index (χ2n) is 4.74. The molecule has 0 saturated heterocycles. The third-order valence-corrected chi connectivity index (χ3v) is 3.21. The van der Waals surface area contributed by atoms with Crippen LogP contribution in [0.15, 0.2) is 12.1 Å². The van der Waals surface area contributed by atoms with Crippen LogP contribution in [-0.2, 0) is 12.7 Å². The van der Waals surface area contributed by atoms with Crippen LogP contribution in [0.3, 0.4) is 0 Å². The largest absolute Gasteiger partial charge is 0.442 e. The molecular weight excluding hydrogens is 339 g/mol. The lowest BCUT2D eigenvalue weighted by molar-refractivity contribution is -0.730. The van der Waals surface area contributed by atoms with Gasteiger partial charge in [0.1, 0.15) is 17.3 Å². The molecule has 0 aliphatic carbocycles. The number of nitrogens with zero attached hydrogens (tertiary/aromatic N) is 4. The van der Waals surface area contributed by atoms with Crippen molar-refractivity contribution in [3.63, 3.8) is 0 Å². The maximum atomic E-state index is 13.8. The van der Waals surface area contributed by atoms with Gasteiger partial charge in [-0.1, -0.05) is 0 Å². The lowest BCUT2D eigenvalue weighted by Gasteiger charge is -2.07. The fraction of sp³-hybridized carbons (Fsp3) is 0.231. The van der Waals surface area contributed by atoms with Crippen LogP contribution in [0.1, 0.15) is 22.5 Å². The number of rotatable bonds is 3.